The van der Waals surface area contributed by atoms with E-state index in [0.717, 1.165) is 42.9 Å². The van der Waals surface area contributed by atoms with Crippen molar-refractivity contribution in [2.45, 2.75) is 129 Å². The normalized spacial score (nSPS) is 43.3. The van der Waals surface area contributed by atoms with Crippen LogP contribution in [0.3, 0.4) is 0 Å². The number of aromatic nitrogens is 4. The Morgan fingerprint density at radius 2 is 1.79 bits per heavy atom. The summed E-state index contributed by atoms with van der Waals surface area (Å²) in [5.74, 6) is 4.10. The van der Waals surface area contributed by atoms with E-state index in [1.807, 2.05) is 0 Å². The Morgan fingerprint density at radius 1 is 1.04 bits per heavy atom. The fourth-order valence-electron chi connectivity index (χ4n) is 12.0. The fourth-order valence-corrected chi connectivity index (χ4v) is 12.6. The standard InChI is InChI=1S/C34H54N5O7P/c1-5-6-18(2)22-9-10-23-21-8-7-20-15-19(11-13-33(20,3)24(21)12-14-34(22,23)4)28(46-47(42,43)44)29-26(40)27(41)32(45-29)39-17-38-25-30(35)36-16-37-31(25)39/h16-24,26-29,32,40-41H,5-15H2,1-4H3,(H2,35,36,37)(H2,42,43,44)/t18-,19?,20?,21?,22-,23?,24?,26+,27-,28?,29+,32-,33+,34-/m1/s1. The third-order valence-corrected chi connectivity index (χ3v) is 14.7. The van der Waals surface area contributed by atoms with E-state index in [2.05, 4.69) is 42.6 Å². The molecule has 262 valence electrons. The van der Waals surface area contributed by atoms with E-state index < -0.39 is 38.5 Å². The second-order valence-corrected chi connectivity index (χ2v) is 17.5. The molecule has 13 heteroatoms. The molecule has 6 unspecified atom stereocenters. The third-order valence-electron chi connectivity index (χ3n) is 14.2. The summed E-state index contributed by atoms with van der Waals surface area (Å²) >= 11 is 0. The van der Waals surface area contributed by atoms with Crippen LogP contribution in [-0.4, -0.2) is 63.9 Å². The highest BCUT2D eigenvalue weighted by atomic mass is 31.2. The number of aliphatic hydroxyl groups excluding tert-OH is 2. The number of anilines is 1. The van der Waals surface area contributed by atoms with Crippen LogP contribution in [0.5, 0.6) is 0 Å². The van der Waals surface area contributed by atoms with Gasteiger partial charge in [-0.3, -0.25) is 9.09 Å². The van der Waals surface area contributed by atoms with Crippen molar-refractivity contribution in [3.63, 3.8) is 0 Å². The molecule has 2 aromatic rings. The molecular formula is C34H54N5O7P. The first-order valence-corrected chi connectivity index (χ1v) is 19.5. The first-order valence-electron chi connectivity index (χ1n) is 17.9. The Hall–Kier alpha value is -1.66. The van der Waals surface area contributed by atoms with E-state index in [1.54, 1.807) is 0 Å². The van der Waals surface area contributed by atoms with Crippen molar-refractivity contribution in [1.29, 1.82) is 0 Å². The van der Waals surface area contributed by atoms with Gasteiger partial charge >= 0.3 is 7.82 Å². The zero-order valence-electron chi connectivity index (χ0n) is 28.2. The van der Waals surface area contributed by atoms with Crippen LogP contribution < -0.4 is 5.73 Å². The molecule has 14 atom stereocenters. The number of nitrogen functional groups attached to an aromatic ring is 1. The Kier molecular flexibility index (Phi) is 8.84. The molecular weight excluding hydrogens is 621 g/mol. The van der Waals surface area contributed by atoms with Crippen molar-refractivity contribution < 1.29 is 33.8 Å². The monoisotopic (exact) mass is 675 g/mol. The minimum absolute atomic E-state index is 0.160. The van der Waals surface area contributed by atoms with Crippen LogP contribution in [0, 0.1) is 52.3 Å². The van der Waals surface area contributed by atoms with E-state index in [0.29, 0.717) is 34.8 Å². The number of fused-ring (bicyclic) bond motifs is 6. The van der Waals surface area contributed by atoms with Gasteiger partial charge in [-0.2, -0.15) is 0 Å². The predicted octanol–water partition coefficient (Wildman–Crippen LogP) is 5.22. The SMILES string of the molecule is CCC[C@@H](C)[C@H]1CCC2C3CCC4CC(C(OP(=O)(O)O)[C@H]5O[C@@H](n6cnc7c(N)ncnc76)[C@H](O)[C@@H]5O)CC[C@]4(C)C3CC[C@@]21C. The topological polar surface area (TPSA) is 186 Å². The Bertz CT molecular complexity index is 1500. The molecule has 7 rings (SSSR count). The first kappa shape index (κ1) is 33.8. The summed E-state index contributed by atoms with van der Waals surface area (Å²) < 4.78 is 25.6. The zero-order chi connectivity index (χ0) is 33.5. The average Bonchev–Trinajstić information content (AvgIpc) is 3.69. The molecule has 0 amide bonds. The molecule has 1 aliphatic heterocycles. The van der Waals surface area contributed by atoms with Crippen molar-refractivity contribution in [2.75, 3.05) is 5.73 Å². The van der Waals surface area contributed by atoms with Crippen molar-refractivity contribution in [1.82, 2.24) is 19.5 Å². The molecule has 0 radical (unpaired) electrons. The molecule has 0 aromatic carbocycles. The van der Waals surface area contributed by atoms with Gasteiger partial charge in [0.25, 0.3) is 0 Å². The van der Waals surface area contributed by atoms with Gasteiger partial charge in [-0.25, -0.2) is 19.5 Å². The van der Waals surface area contributed by atoms with Crippen molar-refractivity contribution in [3.05, 3.63) is 12.7 Å². The van der Waals surface area contributed by atoms with Gasteiger partial charge in [0.2, 0.25) is 0 Å². The summed E-state index contributed by atoms with van der Waals surface area (Å²) in [5.41, 5.74) is 7.20. The van der Waals surface area contributed by atoms with Crippen molar-refractivity contribution >= 4 is 24.8 Å². The lowest BCUT2D eigenvalue weighted by Gasteiger charge is -2.62. The van der Waals surface area contributed by atoms with Gasteiger partial charge in [-0.15, -0.1) is 0 Å². The number of nitrogens with zero attached hydrogens (tertiary/aromatic N) is 4. The number of ether oxygens (including phenoxy) is 1. The molecule has 6 N–H and O–H groups in total. The number of hydrogen-bond donors (Lipinski definition) is 5. The molecule has 0 spiro atoms. The minimum Gasteiger partial charge on any atom is -0.387 e. The number of phosphoric ester groups is 1. The highest BCUT2D eigenvalue weighted by Gasteiger charge is 2.62. The molecule has 5 aliphatic rings. The van der Waals surface area contributed by atoms with Crippen LogP contribution in [0.15, 0.2) is 12.7 Å². The lowest BCUT2D eigenvalue weighted by atomic mass is 9.43. The molecule has 2 aromatic heterocycles. The smallest absolute Gasteiger partial charge is 0.387 e. The third kappa shape index (κ3) is 5.58. The van der Waals surface area contributed by atoms with Crippen LogP contribution in [0.4, 0.5) is 5.82 Å². The molecule has 4 saturated carbocycles. The lowest BCUT2D eigenvalue weighted by Crippen LogP contribution is -2.55. The quantitative estimate of drug-likeness (QED) is 0.231. The predicted molar refractivity (Wildman–Crippen MR) is 175 cm³/mol. The summed E-state index contributed by atoms with van der Waals surface area (Å²) in [4.78, 5) is 32.5. The number of nitrogens with two attached hydrogens (primary N) is 1. The minimum atomic E-state index is -4.96. The van der Waals surface area contributed by atoms with E-state index in [4.69, 9.17) is 15.0 Å². The molecule has 4 aliphatic carbocycles. The van der Waals surface area contributed by atoms with Gasteiger partial charge in [0.05, 0.1) is 6.33 Å². The van der Waals surface area contributed by atoms with Crippen LogP contribution in [-0.2, 0) is 13.8 Å². The summed E-state index contributed by atoms with van der Waals surface area (Å²) in [5, 5.41) is 22.5. The Labute approximate surface area is 277 Å². The van der Waals surface area contributed by atoms with Gasteiger partial charge < -0.3 is 30.5 Å². The highest BCUT2D eigenvalue weighted by molar-refractivity contribution is 7.46. The Morgan fingerprint density at radius 3 is 2.53 bits per heavy atom. The first-order chi connectivity index (χ1) is 22.3. The van der Waals surface area contributed by atoms with E-state index in [1.165, 1.54) is 62.2 Å². The van der Waals surface area contributed by atoms with Crippen LogP contribution in [0.25, 0.3) is 11.2 Å². The van der Waals surface area contributed by atoms with E-state index in [-0.39, 0.29) is 17.2 Å². The van der Waals surface area contributed by atoms with Crippen molar-refractivity contribution in [3.8, 4) is 0 Å². The molecule has 1 saturated heterocycles. The van der Waals surface area contributed by atoms with Crippen LogP contribution in [0.1, 0.15) is 105 Å². The fraction of sp³-hybridized carbons (Fsp3) is 0.853. The lowest BCUT2D eigenvalue weighted by molar-refractivity contribution is -0.145. The van der Waals surface area contributed by atoms with E-state index in [9.17, 15) is 24.6 Å². The average molecular weight is 676 g/mol. The molecule has 12 nitrogen and oxygen atoms in total. The van der Waals surface area contributed by atoms with Crippen LogP contribution >= 0.6 is 7.82 Å². The number of rotatable bonds is 8. The second-order valence-electron chi connectivity index (χ2n) is 16.3. The van der Waals surface area contributed by atoms with E-state index >= 15 is 0 Å². The summed E-state index contributed by atoms with van der Waals surface area (Å²) in [6, 6.07) is 0. The zero-order valence-corrected chi connectivity index (χ0v) is 29.1. The molecule has 47 heavy (non-hydrogen) atoms. The van der Waals surface area contributed by atoms with Gasteiger partial charge in [0, 0.05) is 0 Å². The Balaban J connectivity index is 1.10. The van der Waals surface area contributed by atoms with Crippen LogP contribution in [0.2, 0.25) is 0 Å². The van der Waals surface area contributed by atoms with Gasteiger partial charge in [0.1, 0.15) is 36.3 Å². The van der Waals surface area contributed by atoms with Gasteiger partial charge in [-0.1, -0.05) is 40.5 Å². The number of hydrogen-bond acceptors (Lipinski definition) is 9. The number of imidazole rings is 1. The number of aliphatic hydroxyl groups is 2. The largest absolute Gasteiger partial charge is 0.469 e. The second kappa shape index (κ2) is 12.3. The highest BCUT2D eigenvalue weighted by Crippen LogP contribution is 2.69. The van der Waals surface area contributed by atoms with Gasteiger partial charge in [-0.05, 0) is 110 Å². The number of phosphoric acid groups is 1. The van der Waals surface area contributed by atoms with Gasteiger partial charge in [0.15, 0.2) is 17.7 Å². The summed E-state index contributed by atoms with van der Waals surface area (Å²) in [6.45, 7) is 9.88. The molecule has 3 heterocycles. The van der Waals surface area contributed by atoms with Crippen molar-refractivity contribution in [2.24, 2.45) is 52.3 Å². The maximum absolute atomic E-state index is 12.4. The molecule has 5 fully saturated rings. The maximum Gasteiger partial charge on any atom is 0.469 e. The summed E-state index contributed by atoms with van der Waals surface area (Å²) in [6.07, 6.45) is 9.02. The maximum atomic E-state index is 12.4. The summed E-state index contributed by atoms with van der Waals surface area (Å²) in [7, 11) is -4.96. The molecule has 0 bridgehead atoms.